The van der Waals surface area contributed by atoms with Crippen LogP contribution >= 0.6 is 0 Å². The van der Waals surface area contributed by atoms with Gasteiger partial charge < -0.3 is 5.11 Å². The van der Waals surface area contributed by atoms with E-state index < -0.39 is 64.1 Å². The van der Waals surface area contributed by atoms with Crippen LogP contribution in [0.25, 0.3) is 11.1 Å². The van der Waals surface area contributed by atoms with E-state index in [0.717, 1.165) is 0 Å². The van der Waals surface area contributed by atoms with Gasteiger partial charge in [-0.1, -0.05) is 0 Å². The number of pyridine rings is 1. The second-order valence-corrected chi connectivity index (χ2v) is 4.19. The molecule has 0 aliphatic heterocycles. The van der Waals surface area contributed by atoms with Gasteiger partial charge >= 0.3 is 5.97 Å². The Labute approximate surface area is 118 Å². The third-order valence-corrected chi connectivity index (χ3v) is 2.75. The van der Waals surface area contributed by atoms with Gasteiger partial charge in [0, 0.05) is 17.3 Å². The number of hydrogen-bond donors (Lipinski definition) is 1. The summed E-state index contributed by atoms with van der Waals surface area (Å²) >= 11 is 0. The molecule has 1 N–H and O–H groups in total. The van der Waals surface area contributed by atoms with Crippen LogP contribution in [-0.4, -0.2) is 16.1 Å². The summed E-state index contributed by atoms with van der Waals surface area (Å²) in [5.41, 5.74) is -2.50. The Hall–Kier alpha value is -2.58. The number of hydrogen-bond acceptors (Lipinski definition) is 2. The van der Waals surface area contributed by atoms with Crippen molar-refractivity contribution in [3.63, 3.8) is 0 Å². The van der Waals surface area contributed by atoms with Gasteiger partial charge in [-0.2, -0.15) is 4.39 Å². The van der Waals surface area contributed by atoms with E-state index >= 15 is 0 Å². The Morgan fingerprint density at radius 3 is 1.95 bits per heavy atom. The predicted octanol–water partition coefficient (Wildman–Crippen LogP) is 3.21. The molecule has 2 aromatic rings. The first-order chi connectivity index (χ1) is 10.2. The molecule has 1 aromatic heterocycles. The predicted molar refractivity (Wildman–Crippen MR) is 60.8 cm³/mol. The lowest BCUT2D eigenvalue weighted by atomic mass is 10.0. The number of carbonyl (C=O) groups is 1. The third-order valence-electron chi connectivity index (χ3n) is 2.75. The molecule has 0 spiro atoms. The van der Waals surface area contributed by atoms with Gasteiger partial charge in [-0.3, -0.25) is 4.79 Å². The van der Waals surface area contributed by atoms with Crippen LogP contribution in [0.15, 0.2) is 12.3 Å². The lowest BCUT2D eigenvalue weighted by Crippen LogP contribution is -2.07. The van der Waals surface area contributed by atoms with Crippen LogP contribution in [0.4, 0.5) is 26.3 Å². The van der Waals surface area contributed by atoms with Crippen molar-refractivity contribution < 1.29 is 36.2 Å². The van der Waals surface area contributed by atoms with E-state index in [1.165, 1.54) is 0 Å². The van der Waals surface area contributed by atoms with Gasteiger partial charge in [0.05, 0.1) is 12.0 Å². The molecule has 1 heterocycles. The summed E-state index contributed by atoms with van der Waals surface area (Å²) < 4.78 is 79.8. The maximum atomic E-state index is 13.6. The van der Waals surface area contributed by atoms with E-state index in [4.69, 9.17) is 5.11 Å². The minimum Gasteiger partial charge on any atom is -0.481 e. The maximum absolute atomic E-state index is 13.6. The van der Waals surface area contributed by atoms with Crippen molar-refractivity contribution in [1.82, 2.24) is 4.98 Å². The fourth-order valence-electron chi connectivity index (χ4n) is 1.78. The molecule has 9 heteroatoms. The Kier molecular flexibility index (Phi) is 4.07. The first kappa shape index (κ1) is 15.8. The van der Waals surface area contributed by atoms with Gasteiger partial charge in [0.2, 0.25) is 11.8 Å². The van der Waals surface area contributed by atoms with Crippen molar-refractivity contribution in [2.45, 2.75) is 6.42 Å². The Balaban J connectivity index is 2.70. The zero-order chi connectivity index (χ0) is 16.6. The molecule has 0 radical (unpaired) electrons. The number of rotatable bonds is 3. The van der Waals surface area contributed by atoms with Gasteiger partial charge in [-0.15, -0.1) is 0 Å². The number of aliphatic carboxylic acids is 1. The summed E-state index contributed by atoms with van der Waals surface area (Å²) in [5.74, 6) is -13.6. The topological polar surface area (TPSA) is 50.2 Å². The van der Waals surface area contributed by atoms with Crippen LogP contribution in [-0.2, 0) is 11.2 Å². The first-order valence-corrected chi connectivity index (χ1v) is 5.62. The smallest absolute Gasteiger partial charge is 0.307 e. The lowest BCUT2D eigenvalue weighted by Gasteiger charge is -2.09. The molecule has 0 saturated heterocycles. The van der Waals surface area contributed by atoms with E-state index in [-0.39, 0.29) is 0 Å². The second-order valence-electron chi connectivity index (χ2n) is 4.19. The number of benzene rings is 1. The van der Waals surface area contributed by atoms with Crippen LogP contribution in [0, 0.1) is 35.0 Å². The zero-order valence-electron chi connectivity index (χ0n) is 10.4. The molecule has 3 nitrogen and oxygen atoms in total. The highest BCUT2D eigenvalue weighted by atomic mass is 19.2. The zero-order valence-corrected chi connectivity index (χ0v) is 10.4. The first-order valence-electron chi connectivity index (χ1n) is 5.62. The molecular weight excluding hydrogens is 316 g/mol. The molecule has 0 saturated carbocycles. The molecular formula is C13H5F6NO2. The molecule has 2 rings (SSSR count). The molecule has 0 unspecified atom stereocenters. The quantitative estimate of drug-likeness (QED) is 0.409. The van der Waals surface area contributed by atoms with Gasteiger partial charge in [-0.25, -0.2) is 26.9 Å². The highest BCUT2D eigenvalue weighted by Crippen LogP contribution is 2.31. The third kappa shape index (κ3) is 2.61. The molecule has 1 aromatic carbocycles. The minimum atomic E-state index is -2.33. The molecule has 0 aliphatic carbocycles. The Morgan fingerprint density at radius 1 is 0.955 bits per heavy atom. The summed E-state index contributed by atoms with van der Waals surface area (Å²) in [5, 5.41) is 8.57. The number of aromatic nitrogens is 1. The van der Waals surface area contributed by atoms with Crippen molar-refractivity contribution in [2.75, 3.05) is 0 Å². The number of carboxylic acids is 1. The minimum absolute atomic E-state index is 0.541. The number of carboxylic acid groups (broad SMARTS) is 1. The largest absolute Gasteiger partial charge is 0.481 e. The van der Waals surface area contributed by atoms with Gasteiger partial charge in [0.15, 0.2) is 23.3 Å². The fourth-order valence-corrected chi connectivity index (χ4v) is 1.78. The standard InChI is InChI=1S/C13H5F6NO2/c14-8-7(9(15)11(17)12(18)10(8)16)5-1-4(2-6(21)22)13(19)20-3-5/h1,3H,2H2,(H,21,22). The van der Waals surface area contributed by atoms with Crippen molar-refractivity contribution in [3.8, 4) is 11.1 Å². The highest BCUT2D eigenvalue weighted by molar-refractivity contribution is 5.72. The molecule has 0 fully saturated rings. The molecule has 0 bridgehead atoms. The van der Waals surface area contributed by atoms with E-state index in [9.17, 15) is 31.1 Å². The van der Waals surface area contributed by atoms with E-state index in [0.29, 0.717) is 12.3 Å². The molecule has 116 valence electrons. The maximum Gasteiger partial charge on any atom is 0.307 e. The fraction of sp³-hybridized carbons (Fsp3) is 0.0769. The van der Waals surface area contributed by atoms with Crippen molar-refractivity contribution >= 4 is 5.97 Å². The van der Waals surface area contributed by atoms with Crippen LogP contribution in [0.5, 0.6) is 0 Å². The Bertz CT molecular complexity index is 749. The summed E-state index contributed by atoms with van der Waals surface area (Å²) in [7, 11) is 0. The van der Waals surface area contributed by atoms with Crippen LogP contribution in [0.2, 0.25) is 0 Å². The summed E-state index contributed by atoms with van der Waals surface area (Å²) in [6.07, 6.45) is -0.332. The summed E-state index contributed by atoms with van der Waals surface area (Å²) in [6, 6.07) is 0.661. The van der Waals surface area contributed by atoms with Crippen molar-refractivity contribution in [2.24, 2.45) is 0 Å². The average molecular weight is 321 g/mol. The van der Waals surface area contributed by atoms with Crippen LogP contribution in [0.3, 0.4) is 0 Å². The van der Waals surface area contributed by atoms with Crippen LogP contribution in [0.1, 0.15) is 5.56 Å². The van der Waals surface area contributed by atoms with Crippen molar-refractivity contribution in [1.29, 1.82) is 0 Å². The average Bonchev–Trinajstić information content (AvgIpc) is 2.46. The number of halogens is 6. The summed E-state index contributed by atoms with van der Waals surface area (Å²) in [4.78, 5) is 13.6. The molecule has 0 aliphatic rings. The highest BCUT2D eigenvalue weighted by Gasteiger charge is 2.27. The number of nitrogens with zero attached hydrogens (tertiary/aromatic N) is 1. The SMILES string of the molecule is O=C(O)Cc1cc(-c2c(F)c(F)c(F)c(F)c2F)cnc1F. The van der Waals surface area contributed by atoms with Crippen molar-refractivity contribution in [3.05, 3.63) is 52.9 Å². The van der Waals surface area contributed by atoms with Gasteiger partial charge in [-0.05, 0) is 6.07 Å². The van der Waals surface area contributed by atoms with Gasteiger partial charge in [0.25, 0.3) is 0 Å². The lowest BCUT2D eigenvalue weighted by molar-refractivity contribution is -0.136. The van der Waals surface area contributed by atoms with E-state index in [2.05, 4.69) is 4.98 Å². The van der Waals surface area contributed by atoms with E-state index in [1.807, 2.05) is 0 Å². The van der Waals surface area contributed by atoms with E-state index in [1.54, 1.807) is 0 Å². The monoisotopic (exact) mass is 321 g/mol. The normalized spacial score (nSPS) is 10.8. The van der Waals surface area contributed by atoms with Crippen LogP contribution < -0.4 is 0 Å². The Morgan fingerprint density at radius 2 is 1.45 bits per heavy atom. The molecule has 0 atom stereocenters. The molecule has 0 amide bonds. The summed E-state index contributed by atoms with van der Waals surface area (Å²) in [6.45, 7) is 0. The second kappa shape index (κ2) is 5.66. The molecule has 22 heavy (non-hydrogen) atoms. The van der Waals surface area contributed by atoms with Gasteiger partial charge in [0.1, 0.15) is 0 Å².